The third-order valence-electron chi connectivity index (χ3n) is 3.59. The van der Waals surface area contributed by atoms with Gasteiger partial charge in [-0.1, -0.05) is 12.1 Å². The molecule has 0 aromatic heterocycles. The average Bonchev–Trinajstić information content (AvgIpc) is 2.62. The van der Waals surface area contributed by atoms with Crippen molar-refractivity contribution in [3.8, 4) is 0 Å². The number of benzene rings is 2. The summed E-state index contributed by atoms with van der Waals surface area (Å²) in [7, 11) is -3.72. The number of amides is 1. The van der Waals surface area contributed by atoms with Crippen LogP contribution in [0.25, 0.3) is 0 Å². The molecular weight excluding hydrogens is 372 g/mol. The van der Waals surface area contributed by atoms with E-state index in [0.717, 1.165) is 4.90 Å². The SMILES string of the molecule is CSc1ccc(NC(=O)CCNS(=O)(=O)c2ccc(C(C)=O)cc2)cc1. The van der Waals surface area contributed by atoms with E-state index in [0.29, 0.717) is 11.3 Å². The summed E-state index contributed by atoms with van der Waals surface area (Å²) in [5.74, 6) is -0.416. The first-order chi connectivity index (χ1) is 12.3. The molecule has 0 fully saturated rings. The van der Waals surface area contributed by atoms with Crippen LogP contribution in [-0.4, -0.2) is 32.9 Å². The van der Waals surface area contributed by atoms with Crippen LogP contribution in [0.4, 0.5) is 5.69 Å². The number of hydrogen-bond acceptors (Lipinski definition) is 5. The molecule has 0 aliphatic rings. The molecule has 138 valence electrons. The van der Waals surface area contributed by atoms with Gasteiger partial charge in [-0.2, -0.15) is 0 Å². The third-order valence-corrected chi connectivity index (χ3v) is 5.81. The lowest BCUT2D eigenvalue weighted by molar-refractivity contribution is -0.116. The predicted octanol–water partition coefficient (Wildman–Crippen LogP) is 2.92. The average molecular weight is 393 g/mol. The fourth-order valence-corrected chi connectivity index (χ4v) is 3.59. The molecule has 2 rings (SSSR count). The van der Waals surface area contributed by atoms with Gasteiger partial charge in [-0.15, -0.1) is 11.8 Å². The third kappa shape index (κ3) is 5.69. The molecule has 0 unspecified atom stereocenters. The van der Waals surface area contributed by atoms with Crippen LogP contribution in [0.3, 0.4) is 0 Å². The quantitative estimate of drug-likeness (QED) is 0.532. The summed E-state index contributed by atoms with van der Waals surface area (Å²) in [6.45, 7) is 1.39. The van der Waals surface area contributed by atoms with E-state index >= 15 is 0 Å². The van der Waals surface area contributed by atoms with Crippen molar-refractivity contribution in [2.45, 2.75) is 23.1 Å². The normalized spacial score (nSPS) is 11.2. The molecule has 0 heterocycles. The van der Waals surface area contributed by atoms with Crippen LogP contribution in [0.5, 0.6) is 0 Å². The minimum Gasteiger partial charge on any atom is -0.326 e. The fourth-order valence-electron chi connectivity index (χ4n) is 2.15. The maximum absolute atomic E-state index is 12.2. The molecule has 0 bridgehead atoms. The lowest BCUT2D eigenvalue weighted by atomic mass is 10.2. The first kappa shape index (κ1) is 20.2. The van der Waals surface area contributed by atoms with Gasteiger partial charge in [0.25, 0.3) is 0 Å². The Morgan fingerprint density at radius 3 is 2.15 bits per heavy atom. The van der Waals surface area contributed by atoms with E-state index < -0.39 is 10.0 Å². The van der Waals surface area contributed by atoms with Crippen LogP contribution in [0.1, 0.15) is 23.7 Å². The summed E-state index contributed by atoms with van der Waals surface area (Å²) >= 11 is 1.61. The lowest BCUT2D eigenvalue weighted by Crippen LogP contribution is -2.27. The van der Waals surface area contributed by atoms with E-state index in [1.807, 2.05) is 18.4 Å². The van der Waals surface area contributed by atoms with Gasteiger partial charge in [0.1, 0.15) is 0 Å². The van der Waals surface area contributed by atoms with E-state index in [1.165, 1.54) is 31.2 Å². The molecule has 0 aliphatic carbocycles. The Balaban J connectivity index is 1.86. The van der Waals surface area contributed by atoms with Crippen molar-refractivity contribution in [3.05, 3.63) is 54.1 Å². The summed E-state index contributed by atoms with van der Waals surface area (Å²) in [4.78, 5) is 24.3. The first-order valence-corrected chi connectivity index (χ1v) is 10.6. The lowest BCUT2D eigenvalue weighted by Gasteiger charge is -2.08. The van der Waals surface area contributed by atoms with E-state index in [2.05, 4.69) is 10.0 Å². The monoisotopic (exact) mass is 392 g/mol. The molecule has 1 amide bonds. The Labute approximate surface area is 157 Å². The van der Waals surface area contributed by atoms with Crippen molar-refractivity contribution in [2.24, 2.45) is 0 Å². The predicted molar refractivity (Wildman–Crippen MR) is 103 cm³/mol. The van der Waals surface area contributed by atoms with Crippen LogP contribution in [0.2, 0.25) is 0 Å². The molecule has 0 atom stereocenters. The van der Waals surface area contributed by atoms with Gasteiger partial charge in [-0.05, 0) is 49.6 Å². The van der Waals surface area contributed by atoms with Crippen molar-refractivity contribution in [1.82, 2.24) is 4.72 Å². The number of sulfonamides is 1. The van der Waals surface area contributed by atoms with Crippen LogP contribution >= 0.6 is 11.8 Å². The van der Waals surface area contributed by atoms with Gasteiger partial charge in [-0.3, -0.25) is 9.59 Å². The number of Topliss-reactive ketones (excluding diaryl/α,β-unsaturated/α-hetero) is 1. The fraction of sp³-hybridized carbons (Fsp3) is 0.222. The number of thioether (sulfide) groups is 1. The second-order valence-electron chi connectivity index (χ2n) is 5.51. The Hall–Kier alpha value is -2.16. The van der Waals surface area contributed by atoms with Gasteiger partial charge in [0.2, 0.25) is 15.9 Å². The van der Waals surface area contributed by atoms with Crippen molar-refractivity contribution < 1.29 is 18.0 Å². The zero-order chi connectivity index (χ0) is 19.2. The summed E-state index contributed by atoms with van der Waals surface area (Å²) in [5.41, 5.74) is 1.10. The molecule has 2 aromatic rings. The molecule has 26 heavy (non-hydrogen) atoms. The zero-order valence-corrected chi connectivity index (χ0v) is 16.1. The van der Waals surface area contributed by atoms with E-state index in [4.69, 9.17) is 0 Å². The summed E-state index contributed by atoms with van der Waals surface area (Å²) in [6.07, 6.45) is 1.97. The molecule has 0 saturated heterocycles. The molecule has 0 aliphatic heterocycles. The molecule has 2 N–H and O–H groups in total. The van der Waals surface area contributed by atoms with Crippen molar-refractivity contribution in [2.75, 3.05) is 18.1 Å². The van der Waals surface area contributed by atoms with Gasteiger partial charge in [0, 0.05) is 29.1 Å². The number of anilines is 1. The van der Waals surface area contributed by atoms with Crippen LogP contribution in [-0.2, 0) is 14.8 Å². The maximum Gasteiger partial charge on any atom is 0.240 e. The molecule has 0 saturated carbocycles. The van der Waals surface area contributed by atoms with Crippen molar-refractivity contribution >= 4 is 39.2 Å². The maximum atomic E-state index is 12.2. The highest BCUT2D eigenvalue weighted by atomic mass is 32.2. The van der Waals surface area contributed by atoms with Crippen LogP contribution < -0.4 is 10.0 Å². The smallest absolute Gasteiger partial charge is 0.240 e. The second kappa shape index (κ2) is 8.98. The van der Waals surface area contributed by atoms with E-state index in [-0.39, 0.29) is 29.6 Å². The summed E-state index contributed by atoms with van der Waals surface area (Å²) in [6, 6.07) is 13.0. The molecule has 2 aromatic carbocycles. The van der Waals surface area contributed by atoms with Crippen LogP contribution in [0, 0.1) is 0 Å². The Bertz CT molecular complexity index is 876. The number of ketones is 1. The second-order valence-corrected chi connectivity index (χ2v) is 8.15. The van der Waals surface area contributed by atoms with Crippen LogP contribution in [0.15, 0.2) is 58.3 Å². The molecule has 0 radical (unpaired) electrons. The standard InChI is InChI=1S/C18H20N2O4S2/c1-13(21)14-3-9-17(10-4-14)26(23,24)19-12-11-18(22)20-15-5-7-16(25-2)8-6-15/h3-10,19H,11-12H2,1-2H3,(H,20,22). The number of carbonyl (C=O) groups excluding carboxylic acids is 2. The Morgan fingerprint density at radius 1 is 1.00 bits per heavy atom. The molecular formula is C18H20N2O4S2. The highest BCUT2D eigenvalue weighted by molar-refractivity contribution is 7.98. The van der Waals surface area contributed by atoms with E-state index in [1.54, 1.807) is 23.9 Å². The number of carbonyl (C=O) groups is 2. The summed E-state index contributed by atoms with van der Waals surface area (Å²) < 4.78 is 26.8. The van der Waals surface area contributed by atoms with Crippen molar-refractivity contribution in [1.29, 1.82) is 0 Å². The van der Waals surface area contributed by atoms with Gasteiger partial charge >= 0.3 is 0 Å². The highest BCUT2D eigenvalue weighted by Crippen LogP contribution is 2.17. The number of rotatable bonds is 8. The summed E-state index contributed by atoms with van der Waals surface area (Å²) in [5, 5.41) is 2.72. The number of nitrogens with one attached hydrogen (secondary N) is 2. The van der Waals surface area contributed by atoms with Crippen molar-refractivity contribution in [3.63, 3.8) is 0 Å². The highest BCUT2D eigenvalue weighted by Gasteiger charge is 2.14. The minimum atomic E-state index is -3.72. The topological polar surface area (TPSA) is 92.3 Å². The van der Waals surface area contributed by atoms with Gasteiger partial charge in [0.15, 0.2) is 5.78 Å². The minimum absolute atomic E-state index is 0.00897. The Morgan fingerprint density at radius 2 is 1.62 bits per heavy atom. The largest absolute Gasteiger partial charge is 0.326 e. The van der Waals surface area contributed by atoms with E-state index in [9.17, 15) is 18.0 Å². The van der Waals surface area contributed by atoms with Gasteiger partial charge in [-0.25, -0.2) is 13.1 Å². The molecule has 8 heteroatoms. The Kier molecular flexibility index (Phi) is 6.96. The van der Waals surface area contributed by atoms with Gasteiger partial charge in [0.05, 0.1) is 4.90 Å². The molecule has 0 spiro atoms. The first-order valence-electron chi connectivity index (χ1n) is 7.86. The van der Waals surface area contributed by atoms with Gasteiger partial charge < -0.3 is 5.32 Å². The number of hydrogen-bond donors (Lipinski definition) is 2. The zero-order valence-electron chi connectivity index (χ0n) is 14.5. The molecule has 6 nitrogen and oxygen atoms in total.